The van der Waals surface area contributed by atoms with Crippen molar-refractivity contribution in [1.29, 1.82) is 0 Å². The summed E-state index contributed by atoms with van der Waals surface area (Å²) in [5.74, 6) is -2.42. The second kappa shape index (κ2) is 8.70. The molecule has 3 rings (SSSR count). The Bertz CT molecular complexity index is 965. The predicted octanol–water partition coefficient (Wildman–Crippen LogP) is -0.230. The lowest BCUT2D eigenvalue weighted by Crippen LogP contribution is -2.71. The highest BCUT2D eigenvalue weighted by atomic mass is 32.1. The van der Waals surface area contributed by atoms with E-state index in [0.717, 1.165) is 11.3 Å². The van der Waals surface area contributed by atoms with Gasteiger partial charge in [-0.25, -0.2) is 14.6 Å². The predicted molar refractivity (Wildman–Crippen MR) is 112 cm³/mol. The lowest BCUT2D eigenvalue weighted by Gasteiger charge is -2.36. The molecule has 1 aliphatic carbocycles. The van der Waals surface area contributed by atoms with Gasteiger partial charge in [-0.05, 0) is 20.8 Å². The number of amides is 3. The first-order chi connectivity index (χ1) is 14.9. The van der Waals surface area contributed by atoms with Crippen molar-refractivity contribution in [2.45, 2.75) is 56.9 Å². The van der Waals surface area contributed by atoms with Crippen LogP contribution in [-0.2, 0) is 24.0 Å². The number of thiazole rings is 1. The summed E-state index contributed by atoms with van der Waals surface area (Å²) >= 11 is 0.994. The Kier molecular flexibility index (Phi) is 6.37. The van der Waals surface area contributed by atoms with Gasteiger partial charge in [-0.3, -0.25) is 14.9 Å². The number of carbonyl (C=O) groups excluding carboxylic acids is 3. The number of carboxylic acid groups (broad SMARTS) is 1. The van der Waals surface area contributed by atoms with Crippen molar-refractivity contribution in [3.05, 3.63) is 11.1 Å². The highest BCUT2D eigenvalue weighted by molar-refractivity contribution is 7.14. The summed E-state index contributed by atoms with van der Waals surface area (Å²) in [6.45, 7) is 5.22. The number of anilines is 1. The van der Waals surface area contributed by atoms with Crippen LogP contribution < -0.4 is 21.7 Å². The molecule has 0 unspecified atom stereocenters. The minimum absolute atomic E-state index is 0.0174. The average Bonchev–Trinajstić information content (AvgIpc) is 3.35. The van der Waals surface area contributed by atoms with E-state index in [1.807, 2.05) is 0 Å². The number of carbonyl (C=O) groups is 4. The molecule has 2 fully saturated rings. The molecule has 1 aromatic rings. The molecule has 174 valence electrons. The van der Waals surface area contributed by atoms with E-state index in [-0.39, 0.29) is 35.9 Å². The van der Waals surface area contributed by atoms with Crippen molar-refractivity contribution >= 4 is 46.1 Å². The number of aliphatic carboxylic acids is 1. The second-order valence-electron chi connectivity index (χ2n) is 8.30. The molecule has 14 heteroatoms. The first-order valence-corrected chi connectivity index (χ1v) is 10.6. The lowest BCUT2D eigenvalue weighted by atomic mass is 9.99. The van der Waals surface area contributed by atoms with Crippen molar-refractivity contribution in [2.75, 3.05) is 11.9 Å². The number of hydrogen-bond donors (Lipinski definition) is 5. The third-order valence-electron chi connectivity index (χ3n) is 4.53. The summed E-state index contributed by atoms with van der Waals surface area (Å²) in [6, 6.07) is -1.31. The average molecular weight is 468 g/mol. The first-order valence-electron chi connectivity index (χ1n) is 9.71. The third kappa shape index (κ3) is 5.31. The van der Waals surface area contributed by atoms with Gasteiger partial charge >= 0.3 is 12.1 Å². The summed E-state index contributed by atoms with van der Waals surface area (Å²) < 4.78 is 5.16. The van der Waals surface area contributed by atoms with E-state index in [1.54, 1.807) is 20.8 Å². The summed E-state index contributed by atoms with van der Waals surface area (Å²) in [5, 5.41) is 22.1. The Balaban J connectivity index is 1.79. The minimum Gasteiger partial charge on any atom is -0.478 e. The van der Waals surface area contributed by atoms with Gasteiger partial charge < -0.3 is 31.0 Å². The molecular formula is C18H24N6O7S. The molecule has 13 nitrogen and oxygen atoms in total. The van der Waals surface area contributed by atoms with Gasteiger partial charge in [-0.2, -0.15) is 0 Å². The minimum atomic E-state index is -1.49. The Morgan fingerprint density at radius 1 is 1.41 bits per heavy atom. The van der Waals surface area contributed by atoms with Gasteiger partial charge in [0, 0.05) is 24.8 Å². The zero-order chi connectivity index (χ0) is 23.7. The molecule has 1 saturated carbocycles. The largest absolute Gasteiger partial charge is 0.478 e. The van der Waals surface area contributed by atoms with Crippen LogP contribution in [0.15, 0.2) is 10.5 Å². The molecule has 2 atom stereocenters. The molecule has 1 aliphatic heterocycles. The first kappa shape index (κ1) is 23.4. The number of ether oxygens (including phenoxy) is 1. The summed E-state index contributed by atoms with van der Waals surface area (Å²) in [6.07, 6.45) is -0.259. The van der Waals surface area contributed by atoms with Crippen LogP contribution in [0.4, 0.5) is 9.93 Å². The number of β-lactam (4-membered cyclic amide) rings is 1. The molecule has 32 heavy (non-hydrogen) atoms. The van der Waals surface area contributed by atoms with Crippen molar-refractivity contribution in [2.24, 2.45) is 10.9 Å². The molecule has 2 heterocycles. The fourth-order valence-corrected chi connectivity index (χ4v) is 3.32. The zero-order valence-electron chi connectivity index (χ0n) is 17.6. The Labute approximate surface area is 186 Å². The molecule has 0 aromatic carbocycles. The van der Waals surface area contributed by atoms with E-state index in [1.165, 1.54) is 5.38 Å². The van der Waals surface area contributed by atoms with Gasteiger partial charge in [-0.15, -0.1) is 11.3 Å². The molecule has 6 N–H and O–H groups in total. The number of carboxylic acids is 1. The van der Waals surface area contributed by atoms with Gasteiger partial charge in [-0.1, -0.05) is 5.16 Å². The molecule has 2 aliphatic rings. The van der Waals surface area contributed by atoms with Gasteiger partial charge in [0.05, 0.1) is 6.04 Å². The number of aromatic nitrogens is 1. The molecule has 3 amide bonds. The maximum atomic E-state index is 12.8. The summed E-state index contributed by atoms with van der Waals surface area (Å²) in [7, 11) is 0. The van der Waals surface area contributed by atoms with Gasteiger partial charge in [0.15, 0.2) is 10.8 Å². The van der Waals surface area contributed by atoms with Crippen LogP contribution in [0.3, 0.4) is 0 Å². The zero-order valence-corrected chi connectivity index (χ0v) is 18.4. The van der Waals surface area contributed by atoms with Crippen LogP contribution in [0.25, 0.3) is 0 Å². The van der Waals surface area contributed by atoms with Gasteiger partial charge in [0.25, 0.3) is 5.91 Å². The number of nitrogens with zero attached hydrogens (tertiary/aromatic N) is 2. The molecule has 0 bridgehead atoms. The molecule has 1 aromatic heterocycles. The van der Waals surface area contributed by atoms with Gasteiger partial charge in [0.1, 0.15) is 17.3 Å². The maximum absolute atomic E-state index is 12.8. The van der Waals surface area contributed by atoms with Crippen LogP contribution in [-0.4, -0.2) is 69.5 Å². The molecule has 0 spiro atoms. The van der Waals surface area contributed by atoms with E-state index in [2.05, 4.69) is 26.1 Å². The van der Waals surface area contributed by atoms with Crippen LogP contribution in [0, 0.1) is 0 Å². The quantitative estimate of drug-likeness (QED) is 0.194. The Hall–Kier alpha value is -3.26. The molecule has 1 saturated heterocycles. The highest BCUT2D eigenvalue weighted by Gasteiger charge is 2.54. The van der Waals surface area contributed by atoms with Crippen LogP contribution >= 0.6 is 11.3 Å². The van der Waals surface area contributed by atoms with Crippen molar-refractivity contribution in [3.8, 4) is 0 Å². The number of nitrogens with two attached hydrogens (primary N) is 1. The highest BCUT2D eigenvalue weighted by Crippen LogP contribution is 2.40. The van der Waals surface area contributed by atoms with E-state index in [0.29, 0.717) is 0 Å². The topological polar surface area (TPSA) is 194 Å². The maximum Gasteiger partial charge on any atom is 0.413 e. The van der Waals surface area contributed by atoms with Crippen molar-refractivity contribution < 1.29 is 33.9 Å². The monoisotopic (exact) mass is 468 g/mol. The number of oxime groups is 1. The fourth-order valence-electron chi connectivity index (χ4n) is 2.64. The Morgan fingerprint density at radius 3 is 2.62 bits per heavy atom. The molecular weight excluding hydrogens is 444 g/mol. The number of nitrogens with one attached hydrogen (secondary N) is 3. The van der Waals surface area contributed by atoms with Crippen LogP contribution in [0.2, 0.25) is 0 Å². The fraction of sp³-hybridized carbons (Fsp3) is 0.556. The SMILES string of the molecule is CC(C)(C)OC(=O)Nc1nc(C(=NOC2(C(=O)O)CC2)C(=O)N[C@@H]2C(=O)N[C@@H]2CN)cs1. The second-order valence-corrected chi connectivity index (χ2v) is 9.16. The van der Waals surface area contributed by atoms with Crippen LogP contribution in [0.1, 0.15) is 39.3 Å². The van der Waals surface area contributed by atoms with Crippen molar-refractivity contribution in [3.63, 3.8) is 0 Å². The van der Waals surface area contributed by atoms with E-state index < -0.39 is 47.2 Å². The Morgan fingerprint density at radius 2 is 2.09 bits per heavy atom. The summed E-state index contributed by atoms with van der Waals surface area (Å²) in [4.78, 5) is 57.2. The third-order valence-corrected chi connectivity index (χ3v) is 5.29. The van der Waals surface area contributed by atoms with Crippen LogP contribution in [0.5, 0.6) is 0 Å². The smallest absolute Gasteiger partial charge is 0.413 e. The van der Waals surface area contributed by atoms with E-state index >= 15 is 0 Å². The van der Waals surface area contributed by atoms with E-state index in [4.69, 9.17) is 15.3 Å². The normalized spacial score (nSPS) is 21.6. The van der Waals surface area contributed by atoms with E-state index in [9.17, 15) is 24.3 Å². The van der Waals surface area contributed by atoms with Crippen molar-refractivity contribution in [1.82, 2.24) is 15.6 Å². The standard InChI is InChI=1S/C18H24N6O7S/c1-17(2,3)30-16(29)23-15-21-9(7-32-15)11(24-31-18(4-5-18)14(27)28)13(26)22-10-8(6-19)20-12(10)25/h7-8,10H,4-6,19H2,1-3H3,(H,20,25)(H,22,26)(H,27,28)(H,21,23,29)/t8-,10+/m1/s1. The lowest BCUT2D eigenvalue weighted by molar-refractivity contribution is -0.153. The summed E-state index contributed by atoms with van der Waals surface area (Å²) in [5.41, 5.74) is 3.01. The number of rotatable bonds is 8. The van der Waals surface area contributed by atoms with Gasteiger partial charge in [0.2, 0.25) is 11.5 Å². The number of hydrogen-bond acceptors (Lipinski definition) is 10. The molecule has 0 radical (unpaired) electrons.